The molecule has 0 aromatic heterocycles. The fourth-order valence-corrected chi connectivity index (χ4v) is 2.57. The van der Waals surface area contributed by atoms with Gasteiger partial charge in [-0.25, -0.2) is 0 Å². The van der Waals surface area contributed by atoms with Crippen molar-refractivity contribution in [2.75, 3.05) is 16.8 Å². The number of hydrogen-bond acceptors (Lipinski definition) is 3. The summed E-state index contributed by atoms with van der Waals surface area (Å²) in [5, 5.41) is 12.7. The van der Waals surface area contributed by atoms with Crippen molar-refractivity contribution in [3.8, 4) is 5.75 Å². The summed E-state index contributed by atoms with van der Waals surface area (Å²) in [4.78, 5) is 13.8. The van der Waals surface area contributed by atoms with Crippen molar-refractivity contribution in [3.63, 3.8) is 0 Å². The monoisotopic (exact) mass is 282 g/mol. The van der Waals surface area contributed by atoms with Gasteiger partial charge in [-0.1, -0.05) is 24.3 Å². The van der Waals surface area contributed by atoms with Crippen molar-refractivity contribution < 1.29 is 9.90 Å². The number of benzene rings is 2. The molecule has 0 radical (unpaired) electrons. The van der Waals surface area contributed by atoms with E-state index in [1.54, 1.807) is 12.1 Å². The molecule has 2 aromatic rings. The number of nitrogens with zero attached hydrogens (tertiary/aromatic N) is 1. The van der Waals surface area contributed by atoms with Crippen LogP contribution in [0.2, 0.25) is 0 Å². The van der Waals surface area contributed by atoms with Crippen LogP contribution < -0.4 is 10.2 Å². The molecule has 1 saturated heterocycles. The molecule has 0 spiro atoms. The predicted molar refractivity (Wildman–Crippen MR) is 83.5 cm³/mol. The lowest BCUT2D eigenvalue weighted by Crippen LogP contribution is -2.24. The molecule has 0 unspecified atom stereocenters. The van der Waals surface area contributed by atoms with Gasteiger partial charge >= 0.3 is 0 Å². The Kier molecular flexibility index (Phi) is 3.77. The number of rotatable bonds is 4. The van der Waals surface area contributed by atoms with Crippen molar-refractivity contribution in [1.82, 2.24) is 0 Å². The lowest BCUT2D eigenvalue weighted by molar-refractivity contribution is -0.117. The third-order valence-electron chi connectivity index (χ3n) is 3.69. The van der Waals surface area contributed by atoms with Gasteiger partial charge in [-0.2, -0.15) is 0 Å². The van der Waals surface area contributed by atoms with Gasteiger partial charge in [-0.15, -0.1) is 0 Å². The smallest absolute Gasteiger partial charge is 0.227 e. The molecule has 3 rings (SSSR count). The van der Waals surface area contributed by atoms with Crippen LogP contribution in [0.25, 0.3) is 0 Å². The summed E-state index contributed by atoms with van der Waals surface area (Å²) >= 11 is 0. The number of aromatic hydroxyl groups is 1. The van der Waals surface area contributed by atoms with Crippen LogP contribution in [0, 0.1) is 0 Å². The number of anilines is 2. The quantitative estimate of drug-likeness (QED) is 0.906. The van der Waals surface area contributed by atoms with E-state index in [4.69, 9.17) is 0 Å². The minimum Gasteiger partial charge on any atom is -0.508 e. The number of para-hydroxylation sites is 2. The number of carbonyl (C=O) groups is 1. The molecule has 0 saturated carbocycles. The third kappa shape index (κ3) is 2.99. The summed E-state index contributed by atoms with van der Waals surface area (Å²) in [5.74, 6) is 0.454. The summed E-state index contributed by atoms with van der Waals surface area (Å²) in [6, 6.07) is 15.0. The number of phenols is 1. The molecular weight excluding hydrogens is 264 g/mol. The van der Waals surface area contributed by atoms with E-state index in [0.29, 0.717) is 13.0 Å². The standard InChI is InChI=1S/C17H18N2O2/c20-14-9-7-13(8-10-14)12-18-15-4-1-2-5-16(15)19-11-3-6-17(19)21/h1-2,4-5,7-10,18,20H,3,6,11-12H2. The van der Waals surface area contributed by atoms with Gasteiger partial charge < -0.3 is 15.3 Å². The highest BCUT2D eigenvalue weighted by Crippen LogP contribution is 2.29. The molecule has 1 aliphatic rings. The Morgan fingerprint density at radius 1 is 1.10 bits per heavy atom. The normalized spacial score (nSPS) is 14.5. The molecular formula is C17H18N2O2. The topological polar surface area (TPSA) is 52.6 Å². The maximum absolute atomic E-state index is 11.9. The minimum absolute atomic E-state index is 0.189. The highest BCUT2D eigenvalue weighted by Gasteiger charge is 2.23. The van der Waals surface area contributed by atoms with Crippen molar-refractivity contribution >= 4 is 17.3 Å². The molecule has 1 heterocycles. The van der Waals surface area contributed by atoms with E-state index in [0.717, 1.165) is 29.9 Å². The molecule has 0 bridgehead atoms. The number of phenolic OH excluding ortho intramolecular Hbond substituents is 1. The molecule has 2 N–H and O–H groups in total. The van der Waals surface area contributed by atoms with Crippen LogP contribution in [0.3, 0.4) is 0 Å². The number of amides is 1. The Morgan fingerprint density at radius 3 is 2.57 bits per heavy atom. The van der Waals surface area contributed by atoms with Crippen molar-refractivity contribution in [1.29, 1.82) is 0 Å². The summed E-state index contributed by atoms with van der Waals surface area (Å²) in [6.45, 7) is 1.44. The largest absolute Gasteiger partial charge is 0.508 e. The second-order valence-electron chi connectivity index (χ2n) is 5.19. The summed E-state index contributed by atoms with van der Waals surface area (Å²) in [7, 11) is 0. The van der Waals surface area contributed by atoms with E-state index >= 15 is 0 Å². The maximum Gasteiger partial charge on any atom is 0.227 e. The average Bonchev–Trinajstić information content (AvgIpc) is 2.93. The highest BCUT2D eigenvalue weighted by molar-refractivity contribution is 5.98. The fourth-order valence-electron chi connectivity index (χ4n) is 2.57. The Labute approximate surface area is 124 Å². The van der Waals surface area contributed by atoms with Gasteiger partial charge in [-0.3, -0.25) is 4.79 Å². The van der Waals surface area contributed by atoms with Crippen molar-refractivity contribution in [3.05, 3.63) is 54.1 Å². The second kappa shape index (κ2) is 5.87. The SMILES string of the molecule is O=C1CCCN1c1ccccc1NCc1ccc(O)cc1. The van der Waals surface area contributed by atoms with Gasteiger partial charge in [0.15, 0.2) is 0 Å². The molecule has 1 fully saturated rings. The lowest BCUT2D eigenvalue weighted by Gasteiger charge is -2.20. The van der Waals surface area contributed by atoms with Crippen LogP contribution in [0.15, 0.2) is 48.5 Å². The van der Waals surface area contributed by atoms with E-state index in [9.17, 15) is 9.90 Å². The summed E-state index contributed by atoms with van der Waals surface area (Å²) in [6.07, 6.45) is 1.55. The second-order valence-corrected chi connectivity index (χ2v) is 5.19. The number of carbonyl (C=O) groups excluding carboxylic acids is 1. The van der Waals surface area contributed by atoms with Crippen LogP contribution in [-0.2, 0) is 11.3 Å². The molecule has 4 heteroatoms. The maximum atomic E-state index is 11.9. The molecule has 21 heavy (non-hydrogen) atoms. The van der Waals surface area contributed by atoms with Crippen LogP contribution in [0.5, 0.6) is 5.75 Å². The van der Waals surface area contributed by atoms with Gasteiger partial charge in [0, 0.05) is 19.5 Å². The molecule has 1 amide bonds. The Balaban J connectivity index is 1.76. The fraction of sp³-hybridized carbons (Fsp3) is 0.235. The third-order valence-corrected chi connectivity index (χ3v) is 3.69. The van der Waals surface area contributed by atoms with Gasteiger partial charge in [0.25, 0.3) is 0 Å². The Hall–Kier alpha value is -2.49. The number of nitrogens with one attached hydrogen (secondary N) is 1. The zero-order valence-corrected chi connectivity index (χ0v) is 11.7. The Morgan fingerprint density at radius 2 is 1.86 bits per heavy atom. The van der Waals surface area contributed by atoms with Gasteiger partial charge in [-0.05, 0) is 36.2 Å². The first-order valence-electron chi connectivity index (χ1n) is 7.15. The van der Waals surface area contributed by atoms with Crippen molar-refractivity contribution in [2.45, 2.75) is 19.4 Å². The molecule has 1 aliphatic heterocycles. The first-order chi connectivity index (χ1) is 10.2. The van der Waals surface area contributed by atoms with Crippen LogP contribution in [0.4, 0.5) is 11.4 Å². The zero-order valence-electron chi connectivity index (χ0n) is 11.7. The molecule has 0 atom stereocenters. The summed E-state index contributed by atoms with van der Waals surface area (Å²) in [5.41, 5.74) is 2.98. The Bertz CT molecular complexity index is 637. The van der Waals surface area contributed by atoms with E-state index in [2.05, 4.69) is 5.32 Å². The zero-order chi connectivity index (χ0) is 14.7. The average molecular weight is 282 g/mol. The first-order valence-corrected chi connectivity index (χ1v) is 7.15. The number of hydrogen-bond donors (Lipinski definition) is 2. The molecule has 108 valence electrons. The molecule has 0 aliphatic carbocycles. The van der Waals surface area contributed by atoms with Crippen molar-refractivity contribution in [2.24, 2.45) is 0 Å². The van der Waals surface area contributed by atoms with Gasteiger partial charge in [0.2, 0.25) is 5.91 Å². The van der Waals surface area contributed by atoms with Gasteiger partial charge in [0.05, 0.1) is 11.4 Å². The van der Waals surface area contributed by atoms with E-state index in [1.165, 1.54) is 0 Å². The first kappa shape index (κ1) is 13.5. The lowest BCUT2D eigenvalue weighted by atomic mass is 10.2. The predicted octanol–water partition coefficient (Wildman–Crippen LogP) is 3.13. The van der Waals surface area contributed by atoms with E-state index in [-0.39, 0.29) is 11.7 Å². The minimum atomic E-state index is 0.189. The van der Waals surface area contributed by atoms with E-state index < -0.39 is 0 Å². The van der Waals surface area contributed by atoms with E-state index in [1.807, 2.05) is 41.3 Å². The van der Waals surface area contributed by atoms with Gasteiger partial charge in [0.1, 0.15) is 5.75 Å². The van der Waals surface area contributed by atoms with Crippen LogP contribution >= 0.6 is 0 Å². The van der Waals surface area contributed by atoms with Crippen LogP contribution in [0.1, 0.15) is 18.4 Å². The molecule has 2 aromatic carbocycles. The summed E-state index contributed by atoms with van der Waals surface area (Å²) < 4.78 is 0. The highest BCUT2D eigenvalue weighted by atomic mass is 16.3. The van der Waals surface area contributed by atoms with Crippen LogP contribution in [-0.4, -0.2) is 17.6 Å². The molecule has 4 nitrogen and oxygen atoms in total.